The number of aryl methyl sites for hydroxylation is 2. The van der Waals surface area contributed by atoms with E-state index in [9.17, 15) is 14.0 Å². The molecule has 0 fully saturated rings. The van der Waals surface area contributed by atoms with Crippen LogP contribution in [-0.2, 0) is 13.5 Å². The number of aromatic amines is 1. The molecule has 0 amide bonds. The van der Waals surface area contributed by atoms with Crippen LogP contribution in [0.2, 0.25) is 0 Å². The van der Waals surface area contributed by atoms with Crippen molar-refractivity contribution in [1.29, 1.82) is 0 Å². The number of alkyl halides is 1. The normalized spacial score (nSPS) is 10.2. The lowest BCUT2D eigenvalue weighted by Crippen LogP contribution is -2.30. The van der Waals surface area contributed by atoms with Crippen molar-refractivity contribution in [2.24, 2.45) is 7.05 Å². The van der Waals surface area contributed by atoms with Crippen LogP contribution >= 0.6 is 0 Å². The molecule has 1 aromatic rings. The lowest BCUT2D eigenvalue weighted by Gasteiger charge is -1.98. The van der Waals surface area contributed by atoms with E-state index in [1.54, 1.807) is 0 Å². The Morgan fingerprint density at radius 3 is 2.83 bits per heavy atom. The molecule has 0 aliphatic rings. The highest BCUT2D eigenvalue weighted by atomic mass is 19.1. The van der Waals surface area contributed by atoms with Gasteiger partial charge in [-0.3, -0.25) is 14.2 Å². The fourth-order valence-electron chi connectivity index (χ4n) is 0.896. The molecule has 12 heavy (non-hydrogen) atoms. The number of H-pyrrole nitrogens is 1. The highest BCUT2D eigenvalue weighted by Gasteiger charge is 2.00. The Hall–Kier alpha value is -1.39. The zero-order valence-corrected chi connectivity index (χ0v) is 6.63. The maximum Gasteiger partial charge on any atom is 0.328 e. The number of hydrogen-bond donors (Lipinski definition) is 1. The van der Waals surface area contributed by atoms with Gasteiger partial charge in [-0.05, 0) is 0 Å². The molecule has 0 saturated heterocycles. The van der Waals surface area contributed by atoms with Crippen molar-refractivity contribution in [2.45, 2.75) is 6.42 Å². The molecular weight excluding hydrogens is 163 g/mol. The van der Waals surface area contributed by atoms with Gasteiger partial charge in [0.25, 0.3) is 5.56 Å². The van der Waals surface area contributed by atoms with Crippen LogP contribution in [0.1, 0.15) is 5.56 Å². The molecule has 5 heteroatoms. The zero-order valence-electron chi connectivity index (χ0n) is 6.63. The first kappa shape index (κ1) is 8.70. The number of halogens is 1. The van der Waals surface area contributed by atoms with E-state index in [0.717, 1.165) is 0 Å². The van der Waals surface area contributed by atoms with Gasteiger partial charge in [-0.15, -0.1) is 0 Å². The second-order valence-electron chi connectivity index (χ2n) is 2.46. The Labute approximate surface area is 67.7 Å². The van der Waals surface area contributed by atoms with E-state index in [2.05, 4.69) is 4.98 Å². The van der Waals surface area contributed by atoms with Gasteiger partial charge in [0.05, 0.1) is 6.67 Å². The van der Waals surface area contributed by atoms with Gasteiger partial charge >= 0.3 is 5.69 Å². The molecular formula is C7H9FN2O2. The van der Waals surface area contributed by atoms with Crippen LogP contribution in [0.5, 0.6) is 0 Å². The molecule has 1 heterocycles. The molecule has 1 aromatic heterocycles. The Morgan fingerprint density at radius 2 is 2.25 bits per heavy atom. The summed E-state index contributed by atoms with van der Waals surface area (Å²) in [4.78, 5) is 23.8. The van der Waals surface area contributed by atoms with Crippen molar-refractivity contribution < 1.29 is 4.39 Å². The molecule has 0 atom stereocenters. The lowest BCUT2D eigenvalue weighted by atomic mass is 10.2. The van der Waals surface area contributed by atoms with Gasteiger partial charge in [0.2, 0.25) is 0 Å². The van der Waals surface area contributed by atoms with E-state index in [1.807, 2.05) is 0 Å². The first-order valence-corrected chi connectivity index (χ1v) is 3.50. The number of aromatic nitrogens is 2. The summed E-state index contributed by atoms with van der Waals surface area (Å²) in [6, 6.07) is 0. The SMILES string of the molecule is Cn1cc(CCF)c(=O)[nH]c1=O. The first-order chi connectivity index (χ1) is 5.65. The predicted octanol–water partition coefficient (Wildman–Crippen LogP) is -0.414. The number of nitrogens with zero attached hydrogens (tertiary/aromatic N) is 1. The van der Waals surface area contributed by atoms with Gasteiger partial charge in [-0.1, -0.05) is 0 Å². The fraction of sp³-hybridized carbons (Fsp3) is 0.429. The van der Waals surface area contributed by atoms with E-state index < -0.39 is 17.9 Å². The molecule has 1 rings (SSSR count). The quantitative estimate of drug-likeness (QED) is 0.659. The molecule has 1 N–H and O–H groups in total. The summed E-state index contributed by atoms with van der Waals surface area (Å²) in [5.74, 6) is 0. The van der Waals surface area contributed by atoms with Crippen LogP contribution in [0, 0.1) is 0 Å². The number of hydrogen-bond acceptors (Lipinski definition) is 2. The Morgan fingerprint density at radius 1 is 1.58 bits per heavy atom. The van der Waals surface area contributed by atoms with Crippen molar-refractivity contribution in [1.82, 2.24) is 9.55 Å². The van der Waals surface area contributed by atoms with Crippen LogP contribution in [0.4, 0.5) is 4.39 Å². The smallest absolute Gasteiger partial charge is 0.303 e. The van der Waals surface area contributed by atoms with E-state index in [1.165, 1.54) is 17.8 Å². The summed E-state index contributed by atoms with van der Waals surface area (Å²) in [6.07, 6.45) is 1.39. The summed E-state index contributed by atoms with van der Waals surface area (Å²) in [7, 11) is 1.50. The van der Waals surface area contributed by atoms with Crippen LogP contribution in [0.3, 0.4) is 0 Å². The third-order valence-electron chi connectivity index (χ3n) is 1.55. The Kier molecular flexibility index (Phi) is 2.42. The molecule has 0 spiro atoms. The van der Waals surface area contributed by atoms with E-state index in [4.69, 9.17) is 0 Å². The standard InChI is InChI=1S/C7H9FN2O2/c1-10-4-5(2-3-8)6(11)9-7(10)12/h4H,2-3H2,1H3,(H,9,11,12). The van der Waals surface area contributed by atoms with E-state index >= 15 is 0 Å². The van der Waals surface area contributed by atoms with Crippen molar-refractivity contribution in [3.8, 4) is 0 Å². The third kappa shape index (κ3) is 1.61. The molecule has 0 aliphatic carbocycles. The third-order valence-corrected chi connectivity index (χ3v) is 1.55. The van der Waals surface area contributed by atoms with Crippen LogP contribution in [0.15, 0.2) is 15.8 Å². The van der Waals surface area contributed by atoms with Crippen LogP contribution in [0.25, 0.3) is 0 Å². The number of rotatable bonds is 2. The summed E-state index contributed by atoms with van der Waals surface area (Å²) in [5, 5.41) is 0. The molecule has 66 valence electrons. The van der Waals surface area contributed by atoms with E-state index in [-0.39, 0.29) is 6.42 Å². The summed E-state index contributed by atoms with van der Waals surface area (Å²) >= 11 is 0. The summed E-state index contributed by atoms with van der Waals surface area (Å²) in [6.45, 7) is -0.596. The maximum absolute atomic E-state index is 11.9. The van der Waals surface area contributed by atoms with Gasteiger partial charge in [0.15, 0.2) is 0 Å². The molecule has 0 radical (unpaired) electrons. The van der Waals surface area contributed by atoms with Crippen molar-refractivity contribution in [2.75, 3.05) is 6.67 Å². The predicted molar refractivity (Wildman–Crippen MR) is 42.0 cm³/mol. The number of nitrogens with one attached hydrogen (secondary N) is 1. The van der Waals surface area contributed by atoms with Crippen LogP contribution < -0.4 is 11.2 Å². The minimum Gasteiger partial charge on any atom is -0.303 e. The largest absolute Gasteiger partial charge is 0.328 e. The summed E-state index contributed by atoms with van der Waals surface area (Å²) < 4.78 is 13.1. The fourth-order valence-corrected chi connectivity index (χ4v) is 0.896. The van der Waals surface area contributed by atoms with Crippen LogP contribution in [-0.4, -0.2) is 16.2 Å². The summed E-state index contributed by atoms with van der Waals surface area (Å²) in [5.41, 5.74) is -0.696. The lowest BCUT2D eigenvalue weighted by molar-refractivity contribution is 0.492. The van der Waals surface area contributed by atoms with Gasteiger partial charge in [0, 0.05) is 25.2 Å². The average Bonchev–Trinajstić information content (AvgIpc) is 2.01. The molecule has 0 unspecified atom stereocenters. The topological polar surface area (TPSA) is 54.9 Å². The second-order valence-corrected chi connectivity index (χ2v) is 2.46. The monoisotopic (exact) mass is 172 g/mol. The van der Waals surface area contributed by atoms with Gasteiger partial charge < -0.3 is 4.57 Å². The van der Waals surface area contributed by atoms with Crippen molar-refractivity contribution in [3.05, 3.63) is 32.6 Å². The minimum atomic E-state index is -0.596. The molecule has 0 aromatic carbocycles. The van der Waals surface area contributed by atoms with Gasteiger partial charge in [-0.2, -0.15) is 0 Å². The zero-order chi connectivity index (χ0) is 9.14. The highest BCUT2D eigenvalue weighted by molar-refractivity contribution is 5.04. The molecule has 4 nitrogen and oxygen atoms in total. The maximum atomic E-state index is 11.9. The van der Waals surface area contributed by atoms with Crippen molar-refractivity contribution in [3.63, 3.8) is 0 Å². The minimum absolute atomic E-state index is 0.0451. The Bertz CT molecular complexity index is 380. The molecule has 0 bridgehead atoms. The highest BCUT2D eigenvalue weighted by Crippen LogP contribution is 1.88. The van der Waals surface area contributed by atoms with E-state index in [0.29, 0.717) is 5.56 Å². The molecule has 0 saturated carbocycles. The van der Waals surface area contributed by atoms with Crippen molar-refractivity contribution >= 4 is 0 Å². The molecule has 0 aliphatic heterocycles. The average molecular weight is 172 g/mol. The first-order valence-electron chi connectivity index (χ1n) is 3.50. The second kappa shape index (κ2) is 3.34. The van der Waals surface area contributed by atoms with Gasteiger partial charge in [-0.25, -0.2) is 4.79 Å². The van der Waals surface area contributed by atoms with Gasteiger partial charge in [0.1, 0.15) is 0 Å². The Balaban J connectivity index is 3.24.